The van der Waals surface area contributed by atoms with Crippen molar-refractivity contribution in [3.63, 3.8) is 0 Å². The minimum absolute atomic E-state index is 0.254. The van der Waals surface area contributed by atoms with Crippen LogP contribution in [0.3, 0.4) is 0 Å². The van der Waals surface area contributed by atoms with E-state index in [1.54, 1.807) is 13.2 Å². The quantitative estimate of drug-likeness (QED) is 0.895. The number of benzene rings is 2. The van der Waals surface area contributed by atoms with Crippen LogP contribution in [0.15, 0.2) is 40.9 Å². The number of nitrogens with two attached hydrogens (primary N) is 1. The van der Waals surface area contributed by atoms with Crippen LogP contribution in [0.2, 0.25) is 5.02 Å². The van der Waals surface area contributed by atoms with E-state index in [9.17, 15) is 0 Å². The summed E-state index contributed by atoms with van der Waals surface area (Å²) in [5.74, 6) is 0.729. The van der Waals surface area contributed by atoms with Crippen molar-refractivity contribution in [1.29, 1.82) is 0 Å². The molecule has 0 aliphatic carbocycles. The van der Waals surface area contributed by atoms with E-state index in [1.807, 2.05) is 37.3 Å². The van der Waals surface area contributed by atoms with Gasteiger partial charge in [-0.05, 0) is 41.8 Å². The predicted octanol–water partition coefficient (Wildman–Crippen LogP) is 4.47. The van der Waals surface area contributed by atoms with Crippen molar-refractivity contribution in [2.24, 2.45) is 5.73 Å². The highest BCUT2D eigenvalue weighted by molar-refractivity contribution is 9.10. The van der Waals surface area contributed by atoms with Crippen molar-refractivity contribution in [3.8, 4) is 5.75 Å². The molecule has 2 nitrogen and oxygen atoms in total. The molecule has 19 heavy (non-hydrogen) atoms. The normalized spacial score (nSPS) is 12.3. The molecule has 1 atom stereocenters. The molecule has 0 spiro atoms. The van der Waals surface area contributed by atoms with E-state index in [1.165, 1.54) is 0 Å². The number of hydrogen-bond acceptors (Lipinski definition) is 2. The lowest BCUT2D eigenvalue weighted by atomic mass is 9.96. The number of halogens is 2. The Balaban J connectivity index is 2.44. The fourth-order valence-corrected chi connectivity index (χ4v) is 2.69. The summed E-state index contributed by atoms with van der Waals surface area (Å²) in [6, 6.07) is 11.3. The molecule has 0 bridgehead atoms. The lowest BCUT2D eigenvalue weighted by Gasteiger charge is -2.18. The third kappa shape index (κ3) is 2.94. The first kappa shape index (κ1) is 14.4. The molecule has 2 rings (SSSR count). The topological polar surface area (TPSA) is 35.2 Å². The summed E-state index contributed by atoms with van der Waals surface area (Å²) in [5.41, 5.74) is 9.41. The third-order valence-corrected chi connectivity index (χ3v) is 4.37. The van der Waals surface area contributed by atoms with Crippen LogP contribution < -0.4 is 10.5 Å². The summed E-state index contributed by atoms with van der Waals surface area (Å²) >= 11 is 9.79. The van der Waals surface area contributed by atoms with Crippen molar-refractivity contribution < 1.29 is 4.74 Å². The Kier molecular flexibility index (Phi) is 4.50. The van der Waals surface area contributed by atoms with Crippen LogP contribution in [-0.2, 0) is 0 Å². The van der Waals surface area contributed by atoms with Crippen molar-refractivity contribution in [3.05, 3.63) is 62.6 Å². The smallest absolute Gasteiger partial charge is 0.120 e. The Morgan fingerprint density at radius 2 is 1.95 bits per heavy atom. The fraction of sp³-hybridized carbons (Fsp3) is 0.200. The maximum absolute atomic E-state index is 6.33. The SMILES string of the molecule is COc1ccc(C(N)c2cccc(Br)c2C)c(Cl)c1. The van der Waals surface area contributed by atoms with Gasteiger partial charge in [-0.15, -0.1) is 0 Å². The van der Waals surface area contributed by atoms with Crippen LogP contribution in [-0.4, -0.2) is 7.11 Å². The third-order valence-electron chi connectivity index (χ3n) is 3.19. The first-order valence-electron chi connectivity index (χ1n) is 5.88. The number of hydrogen-bond donors (Lipinski definition) is 1. The summed E-state index contributed by atoms with van der Waals surface area (Å²) in [5, 5.41) is 0.617. The number of methoxy groups -OCH3 is 1. The summed E-state index contributed by atoms with van der Waals surface area (Å²) in [7, 11) is 1.61. The van der Waals surface area contributed by atoms with Crippen molar-refractivity contribution in [2.45, 2.75) is 13.0 Å². The van der Waals surface area contributed by atoms with Crippen molar-refractivity contribution in [1.82, 2.24) is 0 Å². The van der Waals surface area contributed by atoms with Gasteiger partial charge in [-0.25, -0.2) is 0 Å². The largest absolute Gasteiger partial charge is 0.497 e. The van der Waals surface area contributed by atoms with E-state index in [4.69, 9.17) is 22.1 Å². The molecule has 0 aliphatic rings. The monoisotopic (exact) mass is 339 g/mol. The van der Waals surface area contributed by atoms with Gasteiger partial charge in [0.05, 0.1) is 13.2 Å². The first-order chi connectivity index (χ1) is 9.04. The van der Waals surface area contributed by atoms with Crippen LogP contribution >= 0.6 is 27.5 Å². The molecular weight excluding hydrogens is 326 g/mol. The van der Waals surface area contributed by atoms with Gasteiger partial charge in [0.1, 0.15) is 5.75 Å². The van der Waals surface area contributed by atoms with Crippen LogP contribution in [0.5, 0.6) is 5.75 Å². The van der Waals surface area contributed by atoms with E-state index in [2.05, 4.69) is 15.9 Å². The van der Waals surface area contributed by atoms with Gasteiger partial charge in [0, 0.05) is 9.50 Å². The minimum Gasteiger partial charge on any atom is -0.497 e. The van der Waals surface area contributed by atoms with Crippen LogP contribution in [0.25, 0.3) is 0 Å². The van der Waals surface area contributed by atoms with Crippen LogP contribution in [0.1, 0.15) is 22.7 Å². The minimum atomic E-state index is -0.254. The summed E-state index contributed by atoms with van der Waals surface area (Å²) < 4.78 is 6.19. The van der Waals surface area contributed by atoms with Crippen molar-refractivity contribution in [2.75, 3.05) is 7.11 Å². The highest BCUT2D eigenvalue weighted by atomic mass is 79.9. The average Bonchev–Trinajstić information content (AvgIpc) is 2.41. The van der Waals surface area contributed by atoms with Gasteiger partial charge in [-0.3, -0.25) is 0 Å². The summed E-state index contributed by atoms with van der Waals surface area (Å²) in [6.45, 7) is 2.04. The van der Waals surface area contributed by atoms with E-state index in [0.29, 0.717) is 5.02 Å². The Morgan fingerprint density at radius 1 is 1.21 bits per heavy atom. The first-order valence-corrected chi connectivity index (χ1v) is 7.05. The molecule has 0 saturated carbocycles. The van der Waals surface area contributed by atoms with Crippen LogP contribution in [0.4, 0.5) is 0 Å². The van der Waals surface area contributed by atoms with E-state index in [0.717, 1.165) is 26.9 Å². The van der Waals surface area contributed by atoms with E-state index >= 15 is 0 Å². The lowest BCUT2D eigenvalue weighted by Crippen LogP contribution is -2.14. The highest BCUT2D eigenvalue weighted by Crippen LogP contribution is 2.32. The molecule has 4 heteroatoms. The lowest BCUT2D eigenvalue weighted by molar-refractivity contribution is 0.414. The molecule has 0 fully saturated rings. The maximum atomic E-state index is 6.33. The standard InChI is InChI=1S/C15H15BrClNO/c1-9-11(4-3-5-13(9)16)15(18)12-7-6-10(19-2)8-14(12)17/h3-8,15H,18H2,1-2H3. The molecule has 2 N–H and O–H groups in total. The predicted molar refractivity (Wildman–Crippen MR) is 82.9 cm³/mol. The van der Waals surface area contributed by atoms with E-state index in [-0.39, 0.29) is 6.04 Å². The molecule has 0 aromatic heterocycles. The molecule has 0 saturated heterocycles. The van der Waals surface area contributed by atoms with Gasteiger partial charge >= 0.3 is 0 Å². The average molecular weight is 341 g/mol. The van der Waals surface area contributed by atoms with Gasteiger partial charge in [0.15, 0.2) is 0 Å². The Hall–Kier alpha value is -1.03. The molecule has 0 heterocycles. The second-order valence-electron chi connectivity index (χ2n) is 4.32. The molecular formula is C15H15BrClNO. The number of rotatable bonds is 3. The van der Waals surface area contributed by atoms with Gasteiger partial charge in [-0.1, -0.05) is 45.7 Å². The Labute approximate surface area is 126 Å². The number of ether oxygens (including phenoxy) is 1. The highest BCUT2D eigenvalue weighted by Gasteiger charge is 2.16. The second kappa shape index (κ2) is 5.95. The summed E-state index contributed by atoms with van der Waals surface area (Å²) in [4.78, 5) is 0. The second-order valence-corrected chi connectivity index (χ2v) is 5.58. The summed E-state index contributed by atoms with van der Waals surface area (Å²) in [6.07, 6.45) is 0. The molecule has 0 amide bonds. The van der Waals surface area contributed by atoms with Gasteiger partial charge in [0.25, 0.3) is 0 Å². The zero-order valence-corrected chi connectivity index (χ0v) is 13.1. The fourth-order valence-electron chi connectivity index (χ4n) is 2.02. The Bertz CT molecular complexity index is 601. The van der Waals surface area contributed by atoms with Gasteiger partial charge in [0.2, 0.25) is 0 Å². The molecule has 0 radical (unpaired) electrons. The van der Waals surface area contributed by atoms with E-state index < -0.39 is 0 Å². The molecule has 1 unspecified atom stereocenters. The molecule has 2 aromatic rings. The molecule has 0 aliphatic heterocycles. The zero-order chi connectivity index (χ0) is 14.0. The zero-order valence-electron chi connectivity index (χ0n) is 10.8. The van der Waals surface area contributed by atoms with Crippen LogP contribution in [0, 0.1) is 6.92 Å². The maximum Gasteiger partial charge on any atom is 0.120 e. The van der Waals surface area contributed by atoms with Gasteiger partial charge in [-0.2, -0.15) is 0 Å². The van der Waals surface area contributed by atoms with Crippen molar-refractivity contribution >= 4 is 27.5 Å². The molecule has 2 aromatic carbocycles. The van der Waals surface area contributed by atoms with Gasteiger partial charge < -0.3 is 10.5 Å². The Morgan fingerprint density at radius 3 is 2.58 bits per heavy atom. The molecule has 100 valence electrons.